The lowest BCUT2D eigenvalue weighted by atomic mass is 10.2. The normalized spacial score (nSPS) is 14.5. The third-order valence-electron chi connectivity index (χ3n) is 5.77. The molecule has 0 atom stereocenters. The van der Waals surface area contributed by atoms with Crippen molar-refractivity contribution in [3.63, 3.8) is 0 Å². The number of nitrogens with zero attached hydrogens (tertiary/aromatic N) is 6. The average molecular weight is 480 g/mol. The van der Waals surface area contributed by atoms with Crippen LogP contribution in [0.5, 0.6) is 5.75 Å². The number of hydrogen-bond donors (Lipinski definition) is 1. The maximum Gasteiger partial charge on any atom is 0.275 e. The van der Waals surface area contributed by atoms with Crippen molar-refractivity contribution in [1.29, 1.82) is 0 Å². The quantitative estimate of drug-likeness (QED) is 0.351. The number of nitrogens with one attached hydrogen (secondary N) is 1. The van der Waals surface area contributed by atoms with Crippen molar-refractivity contribution < 1.29 is 13.9 Å². The summed E-state index contributed by atoms with van der Waals surface area (Å²) in [5.41, 5.74) is 4.37. The van der Waals surface area contributed by atoms with Gasteiger partial charge in [-0.1, -0.05) is 6.07 Å². The number of carbonyl (C=O) groups is 1. The van der Waals surface area contributed by atoms with E-state index in [2.05, 4.69) is 37.2 Å². The van der Waals surface area contributed by atoms with Gasteiger partial charge in [0.05, 0.1) is 30.1 Å². The fourth-order valence-electron chi connectivity index (χ4n) is 3.77. The summed E-state index contributed by atoms with van der Waals surface area (Å²) >= 11 is 0. The molecule has 4 rings (SSSR count). The van der Waals surface area contributed by atoms with Gasteiger partial charge in [0, 0.05) is 57.4 Å². The SMILES string of the molecule is CN1CCN(CCCOc2ccc(NN(Cc3ccccn3)C(=O)c3cncnc3)cc2F)CC1. The molecule has 0 saturated carbocycles. The molecule has 1 amide bonds. The van der Waals surface area contributed by atoms with Crippen molar-refractivity contribution in [1.82, 2.24) is 29.8 Å². The van der Waals surface area contributed by atoms with Crippen LogP contribution in [-0.4, -0.2) is 82.0 Å². The molecule has 1 N–H and O–H groups in total. The third kappa shape index (κ3) is 7.17. The monoisotopic (exact) mass is 479 g/mol. The number of halogens is 1. The number of aromatic nitrogens is 3. The molecule has 1 saturated heterocycles. The number of ether oxygens (including phenoxy) is 1. The van der Waals surface area contributed by atoms with E-state index in [0.717, 1.165) is 39.1 Å². The molecule has 0 unspecified atom stereocenters. The number of amides is 1. The van der Waals surface area contributed by atoms with Crippen molar-refractivity contribution in [3.05, 3.63) is 78.4 Å². The Balaban J connectivity index is 1.36. The second kappa shape index (κ2) is 12.2. The highest BCUT2D eigenvalue weighted by Crippen LogP contribution is 2.22. The molecule has 1 aliphatic heterocycles. The van der Waals surface area contributed by atoms with Gasteiger partial charge in [-0.3, -0.25) is 15.2 Å². The van der Waals surface area contributed by atoms with Gasteiger partial charge in [0.25, 0.3) is 5.91 Å². The van der Waals surface area contributed by atoms with Crippen LogP contribution >= 0.6 is 0 Å². The highest BCUT2D eigenvalue weighted by molar-refractivity contribution is 5.94. The second-order valence-corrected chi connectivity index (χ2v) is 8.44. The number of benzene rings is 1. The summed E-state index contributed by atoms with van der Waals surface area (Å²) in [4.78, 5) is 29.9. The number of hydrazine groups is 1. The van der Waals surface area contributed by atoms with E-state index in [1.807, 2.05) is 12.1 Å². The Morgan fingerprint density at radius 3 is 2.66 bits per heavy atom. The van der Waals surface area contributed by atoms with Crippen LogP contribution in [0.2, 0.25) is 0 Å². The minimum absolute atomic E-state index is 0.167. The van der Waals surface area contributed by atoms with E-state index in [0.29, 0.717) is 23.6 Å². The lowest BCUT2D eigenvalue weighted by Crippen LogP contribution is -2.44. The first-order chi connectivity index (χ1) is 17.1. The number of rotatable bonds is 10. The predicted octanol–water partition coefficient (Wildman–Crippen LogP) is 2.70. The first-order valence-electron chi connectivity index (χ1n) is 11.6. The number of piperazine rings is 1. The summed E-state index contributed by atoms with van der Waals surface area (Å²) in [6.07, 6.45) is 6.70. The van der Waals surface area contributed by atoms with Crippen molar-refractivity contribution >= 4 is 11.6 Å². The van der Waals surface area contributed by atoms with Crippen LogP contribution in [0, 0.1) is 5.82 Å². The summed E-state index contributed by atoms with van der Waals surface area (Å²) in [6.45, 7) is 5.78. The van der Waals surface area contributed by atoms with Crippen molar-refractivity contribution in [2.45, 2.75) is 13.0 Å². The smallest absolute Gasteiger partial charge is 0.275 e. The minimum atomic E-state index is -0.497. The Kier molecular flexibility index (Phi) is 8.53. The molecule has 1 aliphatic rings. The molecule has 0 bridgehead atoms. The second-order valence-electron chi connectivity index (χ2n) is 8.44. The Morgan fingerprint density at radius 1 is 1.14 bits per heavy atom. The molecule has 1 aromatic carbocycles. The summed E-state index contributed by atoms with van der Waals surface area (Å²) < 4.78 is 20.4. The number of pyridine rings is 1. The number of likely N-dealkylation sites (N-methyl/N-ethyl adjacent to an activating group) is 1. The molecule has 2 aromatic heterocycles. The first-order valence-corrected chi connectivity index (χ1v) is 11.6. The Hall–Kier alpha value is -3.63. The Bertz CT molecular complexity index is 1080. The highest BCUT2D eigenvalue weighted by atomic mass is 19.1. The summed E-state index contributed by atoms with van der Waals surface area (Å²) in [5.74, 6) is -0.670. The Labute approximate surface area is 204 Å². The zero-order valence-corrected chi connectivity index (χ0v) is 19.8. The van der Waals surface area contributed by atoms with Crippen LogP contribution in [0.3, 0.4) is 0 Å². The van der Waals surface area contributed by atoms with E-state index in [1.54, 1.807) is 24.4 Å². The van der Waals surface area contributed by atoms with E-state index < -0.39 is 5.82 Å². The maximum atomic E-state index is 14.8. The fourth-order valence-corrected chi connectivity index (χ4v) is 3.77. The maximum absolute atomic E-state index is 14.8. The molecule has 0 radical (unpaired) electrons. The first kappa shape index (κ1) is 24.5. The van der Waals surface area contributed by atoms with Crippen molar-refractivity contribution in [2.75, 3.05) is 51.8 Å². The molecule has 35 heavy (non-hydrogen) atoms. The molecular formula is C25H30FN7O2. The molecule has 3 heterocycles. The van der Waals surface area contributed by atoms with Gasteiger partial charge in [-0.15, -0.1) is 0 Å². The number of anilines is 1. The van der Waals surface area contributed by atoms with E-state index in [4.69, 9.17) is 4.74 Å². The lowest BCUT2D eigenvalue weighted by Gasteiger charge is -2.32. The van der Waals surface area contributed by atoms with Gasteiger partial charge in [0.1, 0.15) is 6.33 Å². The van der Waals surface area contributed by atoms with Gasteiger partial charge in [-0.2, -0.15) is 0 Å². The molecule has 0 spiro atoms. The van der Waals surface area contributed by atoms with Gasteiger partial charge in [-0.05, 0) is 37.7 Å². The minimum Gasteiger partial charge on any atom is -0.490 e. The van der Waals surface area contributed by atoms with Crippen LogP contribution in [0.25, 0.3) is 0 Å². The van der Waals surface area contributed by atoms with E-state index >= 15 is 0 Å². The van der Waals surface area contributed by atoms with Gasteiger partial charge in [0.2, 0.25) is 0 Å². The summed E-state index contributed by atoms with van der Waals surface area (Å²) in [6, 6.07) is 10.0. The zero-order valence-electron chi connectivity index (χ0n) is 19.8. The molecule has 0 aliphatic carbocycles. The van der Waals surface area contributed by atoms with E-state index in [1.165, 1.54) is 29.8 Å². The van der Waals surface area contributed by atoms with E-state index in [9.17, 15) is 9.18 Å². The molecule has 10 heteroatoms. The van der Waals surface area contributed by atoms with Crippen LogP contribution in [0.1, 0.15) is 22.5 Å². The molecule has 3 aromatic rings. The van der Waals surface area contributed by atoms with Crippen molar-refractivity contribution in [3.8, 4) is 5.75 Å². The van der Waals surface area contributed by atoms with E-state index in [-0.39, 0.29) is 18.2 Å². The average Bonchev–Trinajstić information content (AvgIpc) is 2.89. The highest BCUT2D eigenvalue weighted by Gasteiger charge is 2.19. The van der Waals surface area contributed by atoms with Crippen LogP contribution in [0.15, 0.2) is 61.3 Å². The topological polar surface area (TPSA) is 86.7 Å². The summed E-state index contributed by atoms with van der Waals surface area (Å²) in [5, 5.41) is 1.35. The van der Waals surface area contributed by atoms with Crippen LogP contribution in [-0.2, 0) is 6.54 Å². The molecule has 9 nitrogen and oxygen atoms in total. The standard InChI is InChI=1S/C25H30FN7O2/c1-31-10-12-32(13-11-31)9-4-14-35-24-7-6-21(15-23(24)26)30-33(18-22-5-2-3-8-29-22)25(34)20-16-27-19-28-17-20/h2-3,5-8,15-17,19,30H,4,9-14,18H2,1H3. The van der Waals surface area contributed by atoms with Gasteiger partial charge in [0.15, 0.2) is 11.6 Å². The van der Waals surface area contributed by atoms with Gasteiger partial charge >= 0.3 is 0 Å². The zero-order chi connectivity index (χ0) is 24.5. The number of hydrogen-bond acceptors (Lipinski definition) is 8. The predicted molar refractivity (Wildman–Crippen MR) is 130 cm³/mol. The van der Waals surface area contributed by atoms with Crippen LogP contribution < -0.4 is 10.2 Å². The van der Waals surface area contributed by atoms with Crippen LogP contribution in [0.4, 0.5) is 10.1 Å². The lowest BCUT2D eigenvalue weighted by molar-refractivity contribution is 0.0780. The fraction of sp³-hybridized carbons (Fsp3) is 0.360. The molecule has 1 fully saturated rings. The Morgan fingerprint density at radius 2 is 1.94 bits per heavy atom. The van der Waals surface area contributed by atoms with Gasteiger partial charge in [-0.25, -0.2) is 19.4 Å². The third-order valence-corrected chi connectivity index (χ3v) is 5.77. The number of carbonyl (C=O) groups excluding carboxylic acids is 1. The van der Waals surface area contributed by atoms with Crippen molar-refractivity contribution in [2.24, 2.45) is 0 Å². The largest absolute Gasteiger partial charge is 0.490 e. The van der Waals surface area contributed by atoms with Gasteiger partial charge < -0.3 is 14.5 Å². The summed E-state index contributed by atoms with van der Waals surface area (Å²) in [7, 11) is 2.13. The molecular weight excluding hydrogens is 449 g/mol. The molecule has 184 valence electrons.